The topological polar surface area (TPSA) is 107 Å². The summed E-state index contributed by atoms with van der Waals surface area (Å²) in [6.45, 7) is 2.35. The van der Waals surface area contributed by atoms with Crippen LogP contribution >= 0.6 is 7.60 Å². The first-order chi connectivity index (χ1) is 6.79. The van der Waals surface area contributed by atoms with Gasteiger partial charge in [0.15, 0.2) is 0 Å². The molecule has 1 rings (SSSR count). The van der Waals surface area contributed by atoms with Crippen molar-refractivity contribution in [2.24, 2.45) is 11.8 Å². The average Bonchev–Trinajstić information content (AvgIpc) is 2.06. The highest BCUT2D eigenvalue weighted by atomic mass is 31.2. The molecule has 4 N–H and O–H groups in total. The van der Waals surface area contributed by atoms with Crippen molar-refractivity contribution in [3.05, 3.63) is 0 Å². The molecule has 0 unspecified atom stereocenters. The number of carbonyl (C=O) groups is 1. The smallest absolute Gasteiger partial charge is 0.325 e. The van der Waals surface area contributed by atoms with E-state index < -0.39 is 19.6 Å². The Bertz CT molecular complexity index is 289. The third-order valence-corrected chi connectivity index (χ3v) is 3.74. The number of rotatable bonds is 3. The molecule has 0 aromatic carbocycles. The molecular weight excluding hydrogens is 221 g/mol. The van der Waals surface area contributed by atoms with E-state index >= 15 is 0 Å². The van der Waals surface area contributed by atoms with Gasteiger partial charge >= 0.3 is 13.6 Å². The van der Waals surface area contributed by atoms with Crippen LogP contribution in [0.3, 0.4) is 0 Å². The number of hydrogen-bond acceptors (Lipinski definition) is 3. The summed E-state index contributed by atoms with van der Waals surface area (Å²) in [4.78, 5) is 28.4. The summed E-state index contributed by atoms with van der Waals surface area (Å²) >= 11 is 0. The van der Waals surface area contributed by atoms with Gasteiger partial charge in [0.2, 0.25) is 0 Å². The van der Waals surface area contributed by atoms with Crippen LogP contribution in [0, 0.1) is 11.8 Å². The van der Waals surface area contributed by atoms with Crippen molar-refractivity contribution >= 4 is 13.6 Å². The minimum Gasteiger partial charge on any atom is -0.480 e. The van der Waals surface area contributed by atoms with Crippen LogP contribution in [0.2, 0.25) is 0 Å². The van der Waals surface area contributed by atoms with E-state index in [0.29, 0.717) is 6.54 Å². The molecule has 88 valence electrons. The Morgan fingerprint density at radius 2 is 2.13 bits per heavy atom. The summed E-state index contributed by atoms with van der Waals surface area (Å²) in [5.41, 5.74) is 0. The van der Waals surface area contributed by atoms with E-state index in [1.807, 2.05) is 6.92 Å². The molecule has 0 saturated carbocycles. The van der Waals surface area contributed by atoms with E-state index in [9.17, 15) is 9.36 Å². The fourth-order valence-corrected chi connectivity index (χ4v) is 2.98. The molecule has 0 aromatic rings. The van der Waals surface area contributed by atoms with E-state index in [2.05, 4.69) is 5.32 Å². The van der Waals surface area contributed by atoms with Gasteiger partial charge in [-0.25, -0.2) is 0 Å². The fraction of sp³-hybridized carbons (Fsp3) is 0.875. The number of hydrogen-bond donors (Lipinski definition) is 4. The van der Waals surface area contributed by atoms with Gasteiger partial charge < -0.3 is 20.2 Å². The molecule has 0 amide bonds. The highest BCUT2D eigenvalue weighted by Gasteiger charge is 2.34. The van der Waals surface area contributed by atoms with Crippen LogP contribution in [-0.4, -0.2) is 39.6 Å². The molecule has 0 radical (unpaired) electrons. The SMILES string of the molecule is C[C@H]1CN[C@@H](C(=O)O)C[C@H]1CP(=O)(O)O. The van der Waals surface area contributed by atoms with Gasteiger partial charge in [-0.3, -0.25) is 9.36 Å². The fourth-order valence-electron chi connectivity index (χ4n) is 1.86. The first kappa shape index (κ1) is 12.6. The molecule has 0 aromatic heterocycles. The second kappa shape index (κ2) is 4.61. The standard InChI is InChI=1S/C8H16NO5P/c1-5-3-9-7(8(10)11)2-6(5)4-15(12,13)14/h5-7,9H,2-4H2,1H3,(H,10,11)(H2,12,13,14)/t5-,6-,7+/m0/s1. The maximum atomic E-state index is 10.8. The quantitative estimate of drug-likeness (QED) is 0.509. The lowest BCUT2D eigenvalue weighted by atomic mass is 9.85. The molecule has 0 aliphatic carbocycles. The predicted octanol–water partition coefficient (Wildman–Crippen LogP) is -0.137. The number of carboxylic acids is 1. The van der Waals surface area contributed by atoms with E-state index in [4.69, 9.17) is 14.9 Å². The van der Waals surface area contributed by atoms with Gasteiger partial charge in [0, 0.05) is 0 Å². The lowest BCUT2D eigenvalue weighted by molar-refractivity contribution is -0.140. The van der Waals surface area contributed by atoms with Crippen molar-refractivity contribution in [3.8, 4) is 0 Å². The van der Waals surface area contributed by atoms with Crippen LogP contribution in [0.25, 0.3) is 0 Å². The zero-order chi connectivity index (χ0) is 11.6. The minimum absolute atomic E-state index is 0.0909. The van der Waals surface area contributed by atoms with Crippen LogP contribution in [-0.2, 0) is 9.36 Å². The number of nitrogens with one attached hydrogen (secondary N) is 1. The Kier molecular flexibility index (Phi) is 3.89. The number of carboxylic acid groups (broad SMARTS) is 1. The van der Waals surface area contributed by atoms with Crippen LogP contribution < -0.4 is 5.32 Å². The third kappa shape index (κ3) is 3.91. The van der Waals surface area contributed by atoms with Crippen molar-refractivity contribution in [2.45, 2.75) is 19.4 Å². The molecule has 0 spiro atoms. The zero-order valence-corrected chi connectivity index (χ0v) is 9.35. The Morgan fingerprint density at radius 3 is 2.60 bits per heavy atom. The van der Waals surface area contributed by atoms with E-state index in [-0.39, 0.29) is 24.4 Å². The summed E-state index contributed by atoms with van der Waals surface area (Å²) < 4.78 is 10.8. The highest BCUT2D eigenvalue weighted by Crippen LogP contribution is 2.41. The summed E-state index contributed by atoms with van der Waals surface area (Å²) in [7, 11) is -4.05. The molecule has 1 heterocycles. The molecule has 0 bridgehead atoms. The monoisotopic (exact) mass is 237 g/mol. The highest BCUT2D eigenvalue weighted by molar-refractivity contribution is 7.51. The second-order valence-electron chi connectivity index (χ2n) is 4.12. The van der Waals surface area contributed by atoms with Gasteiger partial charge in [-0.15, -0.1) is 0 Å². The van der Waals surface area contributed by atoms with Crippen LogP contribution in [0.4, 0.5) is 0 Å². The molecule has 6 nitrogen and oxygen atoms in total. The first-order valence-electron chi connectivity index (χ1n) is 4.80. The molecule has 7 heteroatoms. The molecule has 15 heavy (non-hydrogen) atoms. The summed E-state index contributed by atoms with van der Waals surface area (Å²) in [5, 5.41) is 11.6. The molecule has 3 atom stereocenters. The molecule has 1 saturated heterocycles. The number of piperidine rings is 1. The van der Waals surface area contributed by atoms with Crippen molar-refractivity contribution in [1.29, 1.82) is 0 Å². The van der Waals surface area contributed by atoms with Gasteiger partial charge in [0.05, 0.1) is 6.16 Å². The van der Waals surface area contributed by atoms with Crippen LogP contribution in [0.5, 0.6) is 0 Å². The molecule has 1 fully saturated rings. The second-order valence-corrected chi connectivity index (χ2v) is 5.81. The van der Waals surface area contributed by atoms with Crippen LogP contribution in [0.15, 0.2) is 0 Å². The van der Waals surface area contributed by atoms with Crippen molar-refractivity contribution in [3.63, 3.8) is 0 Å². The van der Waals surface area contributed by atoms with Gasteiger partial charge in [-0.1, -0.05) is 6.92 Å². The van der Waals surface area contributed by atoms with E-state index in [1.54, 1.807) is 0 Å². The van der Waals surface area contributed by atoms with Crippen molar-refractivity contribution < 1.29 is 24.3 Å². The average molecular weight is 237 g/mol. The lowest BCUT2D eigenvalue weighted by Crippen LogP contribution is -2.48. The van der Waals surface area contributed by atoms with Gasteiger partial charge in [-0.2, -0.15) is 0 Å². The predicted molar refractivity (Wildman–Crippen MR) is 53.6 cm³/mol. The van der Waals surface area contributed by atoms with Gasteiger partial charge in [0.1, 0.15) is 6.04 Å². The Hall–Kier alpha value is -0.420. The van der Waals surface area contributed by atoms with E-state index in [0.717, 1.165) is 0 Å². The molecule has 1 aliphatic rings. The first-order valence-corrected chi connectivity index (χ1v) is 6.60. The largest absolute Gasteiger partial charge is 0.480 e. The van der Waals surface area contributed by atoms with E-state index in [1.165, 1.54) is 0 Å². The Balaban J connectivity index is 2.61. The van der Waals surface area contributed by atoms with Crippen molar-refractivity contribution in [1.82, 2.24) is 5.32 Å². The summed E-state index contributed by atoms with van der Waals surface area (Å²) in [5.74, 6) is -1.10. The van der Waals surface area contributed by atoms with Gasteiger partial charge in [-0.05, 0) is 24.8 Å². The number of aliphatic carboxylic acids is 1. The summed E-state index contributed by atoms with van der Waals surface area (Å²) in [6, 6.07) is -0.683. The normalized spacial score (nSPS) is 32.6. The Morgan fingerprint density at radius 1 is 1.53 bits per heavy atom. The van der Waals surface area contributed by atoms with Crippen molar-refractivity contribution in [2.75, 3.05) is 12.7 Å². The maximum absolute atomic E-state index is 10.8. The minimum atomic E-state index is -4.05. The van der Waals surface area contributed by atoms with Gasteiger partial charge in [0.25, 0.3) is 0 Å². The lowest BCUT2D eigenvalue weighted by Gasteiger charge is -2.33. The zero-order valence-electron chi connectivity index (χ0n) is 8.46. The van der Waals surface area contributed by atoms with Crippen LogP contribution in [0.1, 0.15) is 13.3 Å². The molecule has 1 aliphatic heterocycles. The molecular formula is C8H16NO5P. The summed E-state index contributed by atoms with van der Waals surface area (Å²) in [6.07, 6.45) is 0.0568. The maximum Gasteiger partial charge on any atom is 0.325 e. The Labute approximate surface area is 87.8 Å². The third-order valence-electron chi connectivity index (χ3n) is 2.80.